The lowest BCUT2D eigenvalue weighted by molar-refractivity contribution is -0.138. The van der Waals surface area contributed by atoms with Gasteiger partial charge in [0, 0.05) is 24.1 Å². The summed E-state index contributed by atoms with van der Waals surface area (Å²) in [5.74, 6) is -0.409. The van der Waals surface area contributed by atoms with Crippen LogP contribution in [0, 0.1) is 0 Å². The van der Waals surface area contributed by atoms with Crippen molar-refractivity contribution in [2.45, 2.75) is 31.5 Å². The molecule has 4 aromatic rings. The third-order valence-corrected chi connectivity index (χ3v) is 6.36. The Morgan fingerprint density at radius 3 is 1.95 bits per heavy atom. The van der Waals surface area contributed by atoms with Crippen molar-refractivity contribution in [2.75, 3.05) is 11.9 Å². The molecule has 0 amide bonds. The molecule has 0 saturated carbocycles. The summed E-state index contributed by atoms with van der Waals surface area (Å²) in [6, 6.07) is 28.8. The summed E-state index contributed by atoms with van der Waals surface area (Å²) in [6.45, 7) is 0.291. The second-order valence-corrected chi connectivity index (χ2v) is 9.27. The number of alkyl halides is 3. The number of ketones is 1. The van der Waals surface area contributed by atoms with Crippen LogP contribution in [0.4, 0.5) is 18.9 Å². The molecular weight excluding hydrogens is 519 g/mol. The van der Waals surface area contributed by atoms with E-state index in [0.29, 0.717) is 29.9 Å². The Morgan fingerprint density at radius 1 is 0.775 bits per heavy atom. The summed E-state index contributed by atoms with van der Waals surface area (Å²) in [4.78, 5) is 23.0. The Balaban J connectivity index is 1.40. The van der Waals surface area contributed by atoms with E-state index in [4.69, 9.17) is 9.84 Å². The van der Waals surface area contributed by atoms with Crippen LogP contribution in [0.1, 0.15) is 46.8 Å². The monoisotopic (exact) mass is 547 g/mol. The van der Waals surface area contributed by atoms with Crippen LogP contribution in [0.15, 0.2) is 103 Å². The Morgan fingerprint density at radius 2 is 1.38 bits per heavy atom. The van der Waals surface area contributed by atoms with Gasteiger partial charge in [-0.1, -0.05) is 54.6 Å². The zero-order chi connectivity index (χ0) is 28.5. The van der Waals surface area contributed by atoms with Gasteiger partial charge in [0.1, 0.15) is 12.4 Å². The number of Topliss-reactive ketones (excluding diaryl/α,β-unsaturated/α-hetero) is 1. The predicted octanol–water partition coefficient (Wildman–Crippen LogP) is 8.04. The summed E-state index contributed by atoms with van der Waals surface area (Å²) in [6.07, 6.45) is -3.94. The highest BCUT2D eigenvalue weighted by atomic mass is 19.4. The molecule has 0 fully saturated rings. The van der Waals surface area contributed by atoms with Gasteiger partial charge < -0.3 is 15.2 Å². The third-order valence-electron chi connectivity index (χ3n) is 6.36. The Kier molecular flexibility index (Phi) is 9.22. The molecule has 4 rings (SSSR count). The first-order valence-electron chi connectivity index (χ1n) is 12.8. The second kappa shape index (κ2) is 13.0. The maximum absolute atomic E-state index is 12.8. The number of carbonyl (C=O) groups is 2. The molecule has 40 heavy (non-hydrogen) atoms. The van der Waals surface area contributed by atoms with E-state index in [1.54, 1.807) is 48.5 Å². The van der Waals surface area contributed by atoms with E-state index in [2.05, 4.69) is 5.32 Å². The molecule has 1 atom stereocenters. The van der Waals surface area contributed by atoms with E-state index in [-0.39, 0.29) is 24.7 Å². The maximum Gasteiger partial charge on any atom is 0.416 e. The van der Waals surface area contributed by atoms with Gasteiger partial charge in [0.15, 0.2) is 5.78 Å². The zero-order valence-electron chi connectivity index (χ0n) is 21.5. The van der Waals surface area contributed by atoms with Crippen molar-refractivity contribution < 1.29 is 32.6 Å². The van der Waals surface area contributed by atoms with Crippen LogP contribution in [0.5, 0.6) is 5.75 Å². The fourth-order valence-electron chi connectivity index (χ4n) is 4.18. The lowest BCUT2D eigenvalue weighted by Gasteiger charge is -2.21. The van der Waals surface area contributed by atoms with E-state index in [0.717, 1.165) is 28.9 Å². The van der Waals surface area contributed by atoms with Crippen molar-refractivity contribution in [3.8, 4) is 16.9 Å². The van der Waals surface area contributed by atoms with Gasteiger partial charge in [-0.15, -0.1) is 0 Å². The first-order valence-corrected chi connectivity index (χ1v) is 12.8. The summed E-state index contributed by atoms with van der Waals surface area (Å²) < 4.78 is 44.6. The van der Waals surface area contributed by atoms with Crippen LogP contribution in [-0.4, -0.2) is 23.5 Å². The molecule has 206 valence electrons. The van der Waals surface area contributed by atoms with E-state index >= 15 is 0 Å². The molecule has 0 aliphatic heterocycles. The minimum Gasteiger partial charge on any atom is -0.491 e. The third kappa shape index (κ3) is 7.96. The molecule has 5 nitrogen and oxygen atoms in total. The van der Waals surface area contributed by atoms with Crippen LogP contribution >= 0.6 is 0 Å². The average Bonchev–Trinajstić information content (AvgIpc) is 2.95. The highest BCUT2D eigenvalue weighted by Crippen LogP contribution is 2.31. The van der Waals surface area contributed by atoms with Crippen molar-refractivity contribution in [1.29, 1.82) is 0 Å². The smallest absolute Gasteiger partial charge is 0.416 e. The number of anilines is 1. The summed E-state index contributed by atoms with van der Waals surface area (Å²) in [7, 11) is 0. The summed E-state index contributed by atoms with van der Waals surface area (Å²) >= 11 is 0. The van der Waals surface area contributed by atoms with E-state index in [1.165, 1.54) is 12.1 Å². The van der Waals surface area contributed by atoms with E-state index in [9.17, 15) is 22.8 Å². The zero-order valence-corrected chi connectivity index (χ0v) is 21.5. The molecule has 0 aliphatic rings. The van der Waals surface area contributed by atoms with Crippen molar-refractivity contribution in [2.24, 2.45) is 0 Å². The van der Waals surface area contributed by atoms with Gasteiger partial charge in [0.05, 0.1) is 11.6 Å². The normalized spacial score (nSPS) is 12.0. The van der Waals surface area contributed by atoms with Crippen molar-refractivity contribution in [3.05, 3.63) is 120 Å². The number of benzene rings is 4. The largest absolute Gasteiger partial charge is 0.491 e. The summed E-state index contributed by atoms with van der Waals surface area (Å²) in [5, 5.41) is 12.2. The van der Waals surface area contributed by atoms with Crippen molar-refractivity contribution in [1.82, 2.24) is 0 Å². The Labute approximate surface area is 230 Å². The number of halogens is 3. The number of carboxylic acid groups (broad SMARTS) is 1. The topological polar surface area (TPSA) is 75.6 Å². The number of aliphatic carboxylic acids is 1. The van der Waals surface area contributed by atoms with Crippen LogP contribution in [0.2, 0.25) is 0 Å². The average molecular weight is 548 g/mol. The quantitative estimate of drug-likeness (QED) is 0.176. The highest BCUT2D eigenvalue weighted by Gasteiger charge is 2.30. The van der Waals surface area contributed by atoms with Crippen LogP contribution in [0.25, 0.3) is 11.1 Å². The van der Waals surface area contributed by atoms with Gasteiger partial charge in [-0.3, -0.25) is 9.59 Å². The molecule has 0 radical (unpaired) electrons. The fraction of sp³-hybridized carbons (Fsp3) is 0.188. The highest BCUT2D eigenvalue weighted by molar-refractivity contribution is 5.96. The fourth-order valence-corrected chi connectivity index (χ4v) is 4.18. The molecule has 0 bridgehead atoms. The summed E-state index contributed by atoms with van der Waals surface area (Å²) in [5.41, 5.74) is 3.07. The van der Waals surface area contributed by atoms with Gasteiger partial charge in [-0.05, 0) is 71.6 Å². The lowest BCUT2D eigenvalue weighted by Crippen LogP contribution is -2.19. The number of hydrogen-bond acceptors (Lipinski definition) is 4. The minimum atomic E-state index is -4.37. The number of carbonyl (C=O) groups excluding carboxylic acids is 1. The first kappa shape index (κ1) is 28.4. The molecule has 2 N–H and O–H groups in total. The molecule has 0 aliphatic carbocycles. The lowest BCUT2D eigenvalue weighted by atomic mass is 10.0. The molecule has 8 heteroatoms. The van der Waals surface area contributed by atoms with Crippen LogP contribution in [0.3, 0.4) is 0 Å². The molecule has 0 spiro atoms. The predicted molar refractivity (Wildman–Crippen MR) is 147 cm³/mol. The molecule has 0 saturated heterocycles. The van der Waals surface area contributed by atoms with Gasteiger partial charge in [-0.25, -0.2) is 0 Å². The minimum absolute atomic E-state index is 0.0398. The van der Waals surface area contributed by atoms with Crippen molar-refractivity contribution in [3.63, 3.8) is 0 Å². The standard InChI is InChI=1S/C32H28F3NO4/c33-32(34,35)26-15-9-22(10-16-26)23-13-19-28(20-14-23)40-21-29(24-5-2-1-3-6-24)36-27-17-11-25(12-18-27)30(37)7-4-8-31(38)39/h1-3,5-6,9-20,29,36H,4,7-8,21H2,(H,38,39). The number of carboxylic acids is 1. The van der Waals surface area contributed by atoms with Gasteiger partial charge in [0.25, 0.3) is 0 Å². The van der Waals surface area contributed by atoms with Gasteiger partial charge in [-0.2, -0.15) is 13.2 Å². The number of rotatable bonds is 12. The number of nitrogens with one attached hydrogen (secondary N) is 1. The second-order valence-electron chi connectivity index (χ2n) is 9.27. The SMILES string of the molecule is O=C(O)CCCC(=O)c1ccc(NC(COc2ccc(-c3ccc(C(F)(F)F)cc3)cc2)c2ccccc2)cc1. The molecule has 4 aromatic carbocycles. The van der Waals surface area contributed by atoms with E-state index < -0.39 is 17.7 Å². The van der Waals surface area contributed by atoms with Crippen molar-refractivity contribution >= 4 is 17.4 Å². The van der Waals surface area contributed by atoms with Gasteiger partial charge >= 0.3 is 12.1 Å². The Hall–Kier alpha value is -4.59. The molecule has 1 unspecified atom stereocenters. The maximum atomic E-state index is 12.8. The number of hydrogen-bond donors (Lipinski definition) is 2. The molecular formula is C32H28F3NO4. The Bertz CT molecular complexity index is 1400. The molecule has 0 heterocycles. The molecule has 0 aromatic heterocycles. The van der Waals surface area contributed by atoms with E-state index in [1.807, 2.05) is 30.3 Å². The van der Waals surface area contributed by atoms with Crippen LogP contribution < -0.4 is 10.1 Å². The van der Waals surface area contributed by atoms with Gasteiger partial charge in [0.2, 0.25) is 0 Å². The first-order chi connectivity index (χ1) is 19.2. The van der Waals surface area contributed by atoms with Crippen LogP contribution in [-0.2, 0) is 11.0 Å². The number of ether oxygens (including phenoxy) is 1.